The van der Waals surface area contributed by atoms with Gasteiger partial charge in [0.1, 0.15) is 5.49 Å². The first-order valence-electron chi connectivity index (χ1n) is 10.9. The molecule has 170 valence electrons. The molecule has 0 spiro atoms. The first-order chi connectivity index (χ1) is 15.8. The van der Waals surface area contributed by atoms with Crippen LogP contribution >= 0.6 is 11.8 Å². The van der Waals surface area contributed by atoms with Crippen molar-refractivity contribution in [3.05, 3.63) is 59.3 Å². The topological polar surface area (TPSA) is 118 Å². The number of aromatic nitrogens is 3. The Morgan fingerprint density at radius 3 is 2.73 bits per heavy atom. The van der Waals surface area contributed by atoms with Crippen molar-refractivity contribution in [2.75, 3.05) is 13.1 Å². The minimum atomic E-state index is -0.220. The summed E-state index contributed by atoms with van der Waals surface area (Å²) in [6.45, 7) is 8.16. The van der Waals surface area contributed by atoms with Crippen LogP contribution in [0.3, 0.4) is 0 Å². The number of pyridine rings is 1. The number of likely N-dealkylation sites (tertiary alicyclic amines) is 1. The van der Waals surface area contributed by atoms with Gasteiger partial charge in [0.2, 0.25) is 0 Å². The number of hydrogen-bond donors (Lipinski definition) is 3. The number of aryl methyl sites for hydroxylation is 1. The van der Waals surface area contributed by atoms with Crippen molar-refractivity contribution in [1.29, 1.82) is 16.2 Å². The number of nitrogens with zero attached hydrogens (tertiary/aromatic N) is 5. The summed E-state index contributed by atoms with van der Waals surface area (Å²) in [4.78, 5) is 12.5. The van der Waals surface area contributed by atoms with Gasteiger partial charge in [-0.25, -0.2) is 0 Å². The van der Waals surface area contributed by atoms with Crippen LogP contribution in [0.1, 0.15) is 31.0 Å². The number of nitrogens with one attached hydrogen (secondary N) is 3. The van der Waals surface area contributed by atoms with E-state index < -0.39 is 0 Å². The summed E-state index contributed by atoms with van der Waals surface area (Å²) in [6.07, 6.45) is 5.07. The number of thioether (sulfide) groups is 1. The van der Waals surface area contributed by atoms with Gasteiger partial charge in [0.25, 0.3) is 0 Å². The predicted octanol–water partition coefficient (Wildman–Crippen LogP) is 3.69. The largest absolute Gasteiger partial charge is 0.312 e. The van der Waals surface area contributed by atoms with Crippen LogP contribution in [-0.2, 0) is 0 Å². The van der Waals surface area contributed by atoms with Crippen LogP contribution < -0.4 is 5.49 Å². The van der Waals surface area contributed by atoms with Gasteiger partial charge < -0.3 is 5.41 Å². The third kappa shape index (κ3) is 5.26. The highest BCUT2D eigenvalue weighted by Gasteiger charge is 2.27. The molecule has 1 atom stereocenters. The normalized spacial score (nSPS) is 15.8. The van der Waals surface area contributed by atoms with E-state index in [1.165, 1.54) is 22.7 Å². The highest BCUT2D eigenvalue weighted by molar-refractivity contribution is 8.13. The SMILES string of the molecule is Cc1ccc(=N)n(C(=N)Sc2ccc3ncc(C(C=N)C=NC4CN(C(C)C)C4)cc3c2)n1. The first-order valence-corrected chi connectivity index (χ1v) is 11.7. The molecule has 8 nitrogen and oxygen atoms in total. The zero-order chi connectivity index (χ0) is 23.5. The minimum absolute atomic E-state index is 0.160. The maximum atomic E-state index is 8.39. The third-order valence-electron chi connectivity index (χ3n) is 5.69. The van der Waals surface area contributed by atoms with E-state index in [9.17, 15) is 0 Å². The molecule has 1 fully saturated rings. The van der Waals surface area contributed by atoms with Crippen molar-refractivity contribution < 1.29 is 0 Å². The maximum Gasteiger partial charge on any atom is 0.188 e. The summed E-state index contributed by atoms with van der Waals surface area (Å²) >= 11 is 1.24. The lowest BCUT2D eigenvalue weighted by atomic mass is 10.0. The van der Waals surface area contributed by atoms with Crippen LogP contribution in [0.15, 0.2) is 52.5 Å². The Hall–Kier alpha value is -3.17. The summed E-state index contributed by atoms with van der Waals surface area (Å²) in [7, 11) is 0. The molecule has 9 heteroatoms. The Balaban J connectivity index is 1.52. The highest BCUT2D eigenvalue weighted by Crippen LogP contribution is 2.26. The Morgan fingerprint density at radius 1 is 1.21 bits per heavy atom. The van der Waals surface area contributed by atoms with Gasteiger partial charge >= 0.3 is 0 Å². The second kappa shape index (κ2) is 9.76. The lowest BCUT2D eigenvalue weighted by Crippen LogP contribution is -2.52. The number of aliphatic imine (C=N–C) groups is 1. The molecule has 33 heavy (non-hydrogen) atoms. The maximum absolute atomic E-state index is 8.39. The van der Waals surface area contributed by atoms with Crippen molar-refractivity contribution in [3.8, 4) is 0 Å². The number of benzene rings is 1. The molecular formula is C24H28N8S. The van der Waals surface area contributed by atoms with Crippen LogP contribution in [0.25, 0.3) is 10.9 Å². The van der Waals surface area contributed by atoms with Crippen molar-refractivity contribution >= 4 is 40.3 Å². The smallest absolute Gasteiger partial charge is 0.188 e. The quantitative estimate of drug-likeness (QED) is 0.295. The summed E-state index contributed by atoms with van der Waals surface area (Å²) in [6, 6.07) is 12.1. The molecule has 1 aliphatic rings. The molecule has 1 aromatic carbocycles. The van der Waals surface area contributed by atoms with E-state index in [-0.39, 0.29) is 16.6 Å². The molecule has 3 N–H and O–H groups in total. The Morgan fingerprint density at radius 2 is 2.00 bits per heavy atom. The van der Waals surface area contributed by atoms with Crippen LogP contribution in [0, 0.1) is 23.2 Å². The van der Waals surface area contributed by atoms with Crippen LogP contribution in [0.5, 0.6) is 0 Å². The van der Waals surface area contributed by atoms with Gasteiger partial charge in [-0.3, -0.25) is 25.7 Å². The molecule has 0 aliphatic carbocycles. The molecule has 2 aromatic heterocycles. The lowest BCUT2D eigenvalue weighted by Gasteiger charge is -2.39. The molecular weight excluding hydrogens is 432 g/mol. The van der Waals surface area contributed by atoms with Gasteiger partial charge in [-0.15, -0.1) is 0 Å². The summed E-state index contributed by atoms with van der Waals surface area (Å²) in [5, 5.41) is 29.7. The van der Waals surface area contributed by atoms with Crippen molar-refractivity contribution in [2.45, 2.75) is 43.7 Å². The van der Waals surface area contributed by atoms with E-state index in [4.69, 9.17) is 21.2 Å². The Bertz CT molecular complexity index is 1270. The van der Waals surface area contributed by atoms with Gasteiger partial charge in [0, 0.05) is 48.0 Å². The van der Waals surface area contributed by atoms with E-state index in [0.717, 1.165) is 40.1 Å². The summed E-state index contributed by atoms with van der Waals surface area (Å²) in [5.41, 5.74) is 2.69. The number of fused-ring (bicyclic) bond motifs is 1. The Labute approximate surface area is 197 Å². The average molecular weight is 461 g/mol. The van der Waals surface area contributed by atoms with Crippen LogP contribution in [0.2, 0.25) is 0 Å². The zero-order valence-corrected chi connectivity index (χ0v) is 19.8. The van der Waals surface area contributed by atoms with Crippen molar-refractivity contribution in [1.82, 2.24) is 19.7 Å². The summed E-state index contributed by atoms with van der Waals surface area (Å²) in [5.74, 6) is -0.220. The molecule has 3 aromatic rings. The fourth-order valence-electron chi connectivity index (χ4n) is 3.64. The average Bonchev–Trinajstić information content (AvgIpc) is 2.76. The number of hydrogen-bond acceptors (Lipinski definition) is 8. The van der Waals surface area contributed by atoms with E-state index in [1.807, 2.05) is 37.4 Å². The molecule has 1 aliphatic heterocycles. The van der Waals surface area contributed by atoms with Gasteiger partial charge in [-0.05, 0) is 62.7 Å². The summed E-state index contributed by atoms with van der Waals surface area (Å²) < 4.78 is 1.32. The van der Waals surface area contributed by atoms with E-state index >= 15 is 0 Å². The molecule has 0 bridgehead atoms. The second-order valence-electron chi connectivity index (χ2n) is 8.49. The van der Waals surface area contributed by atoms with E-state index in [0.29, 0.717) is 12.1 Å². The van der Waals surface area contributed by atoms with Gasteiger partial charge in [-0.2, -0.15) is 9.78 Å². The molecule has 1 unspecified atom stereocenters. The zero-order valence-electron chi connectivity index (χ0n) is 19.0. The highest BCUT2D eigenvalue weighted by atomic mass is 32.2. The van der Waals surface area contributed by atoms with Gasteiger partial charge in [-0.1, -0.05) is 11.8 Å². The van der Waals surface area contributed by atoms with Gasteiger partial charge in [0.15, 0.2) is 5.17 Å². The standard InChI is InChI=1S/C24H28N8S/c1-15(2)31-13-20(14-31)28-12-19(10-25)18-8-17-9-21(5-6-22(17)29-11-18)33-24(27)32-23(26)7-4-16(3)30-32/h4-12,15,19-20,25-27H,13-14H2,1-3H3. The van der Waals surface area contributed by atoms with Crippen LogP contribution in [0.4, 0.5) is 0 Å². The third-order valence-corrected chi connectivity index (χ3v) is 6.55. The van der Waals surface area contributed by atoms with Crippen LogP contribution in [-0.4, -0.2) is 62.4 Å². The molecule has 1 saturated heterocycles. The first kappa shape index (κ1) is 23.0. The van der Waals surface area contributed by atoms with Crippen molar-refractivity contribution in [3.63, 3.8) is 0 Å². The fraction of sp³-hybridized carbons (Fsp3) is 0.333. The lowest BCUT2D eigenvalue weighted by molar-refractivity contribution is 0.114. The minimum Gasteiger partial charge on any atom is -0.312 e. The Kier molecular flexibility index (Phi) is 6.80. The van der Waals surface area contributed by atoms with E-state index in [2.05, 4.69) is 28.8 Å². The number of rotatable bonds is 6. The molecule has 0 radical (unpaired) electrons. The second-order valence-corrected chi connectivity index (χ2v) is 9.56. The fourth-order valence-corrected chi connectivity index (χ4v) is 4.41. The monoisotopic (exact) mass is 460 g/mol. The molecule has 0 saturated carbocycles. The predicted molar refractivity (Wildman–Crippen MR) is 134 cm³/mol. The molecule has 0 amide bonds. The van der Waals surface area contributed by atoms with Gasteiger partial charge in [0.05, 0.1) is 23.2 Å². The van der Waals surface area contributed by atoms with Crippen molar-refractivity contribution in [2.24, 2.45) is 4.99 Å². The molecule has 3 heterocycles. The molecule has 4 rings (SSSR count). The van der Waals surface area contributed by atoms with E-state index in [1.54, 1.807) is 18.3 Å².